The molecule has 2 aromatic heterocycles. The largest absolute Gasteiger partial charge is 0.508 e. The Morgan fingerprint density at radius 2 is 1.86 bits per heavy atom. The Morgan fingerprint density at radius 3 is 2.74 bits per heavy atom. The number of aromatic amines is 2. The maximum Gasteiger partial charge on any atom is 0.116 e. The van der Waals surface area contributed by atoms with Crippen LogP contribution in [0.15, 0.2) is 42.5 Å². The fraction of sp³-hybridized carbons (Fsp3) is 0.467. The van der Waals surface area contributed by atoms with Crippen molar-refractivity contribution in [1.29, 1.82) is 0 Å². The average molecular weight is 469 g/mol. The summed E-state index contributed by atoms with van der Waals surface area (Å²) in [4.78, 5) is 12.8. The lowest BCUT2D eigenvalue weighted by molar-refractivity contribution is 0.0285. The van der Waals surface area contributed by atoms with Crippen molar-refractivity contribution >= 4 is 21.8 Å². The zero-order chi connectivity index (χ0) is 23.7. The lowest BCUT2D eigenvalue weighted by Gasteiger charge is -2.48. The van der Waals surface area contributed by atoms with E-state index in [0.717, 1.165) is 43.3 Å². The van der Waals surface area contributed by atoms with Gasteiger partial charge in [-0.3, -0.25) is 9.80 Å². The van der Waals surface area contributed by atoms with Gasteiger partial charge < -0.3 is 15.1 Å². The third kappa shape index (κ3) is 3.43. The second kappa shape index (κ2) is 8.14. The van der Waals surface area contributed by atoms with Crippen LogP contribution in [0.25, 0.3) is 21.8 Å². The highest BCUT2D eigenvalue weighted by Crippen LogP contribution is 2.44. The number of phenolic OH excluding ortho intramolecular Hbond substituents is 1. The number of nitrogens with one attached hydrogen (secondary N) is 2. The van der Waals surface area contributed by atoms with E-state index in [9.17, 15) is 5.11 Å². The van der Waals surface area contributed by atoms with E-state index in [1.54, 1.807) is 11.6 Å². The van der Waals surface area contributed by atoms with E-state index in [2.05, 4.69) is 58.0 Å². The van der Waals surface area contributed by atoms with E-state index in [1.165, 1.54) is 59.0 Å². The minimum Gasteiger partial charge on any atom is -0.508 e. The van der Waals surface area contributed by atoms with Crippen molar-refractivity contribution in [2.75, 3.05) is 20.1 Å². The van der Waals surface area contributed by atoms with Crippen LogP contribution in [0.4, 0.5) is 0 Å². The maximum atomic E-state index is 10.1. The predicted octanol–water partition coefficient (Wildman–Crippen LogP) is 5.75. The molecule has 0 radical (unpaired) electrons. The molecule has 182 valence electrons. The molecule has 0 saturated carbocycles. The van der Waals surface area contributed by atoms with Crippen LogP contribution >= 0.6 is 0 Å². The number of hydrogen-bond donors (Lipinski definition) is 3. The van der Waals surface area contributed by atoms with Gasteiger partial charge in [-0.05, 0) is 73.5 Å². The van der Waals surface area contributed by atoms with Gasteiger partial charge in [0, 0.05) is 65.3 Å². The summed E-state index contributed by atoms with van der Waals surface area (Å²) >= 11 is 0. The number of rotatable bonds is 3. The van der Waals surface area contributed by atoms with Crippen LogP contribution in [0.3, 0.4) is 0 Å². The normalized spacial score (nSPS) is 27.1. The van der Waals surface area contributed by atoms with E-state index in [-0.39, 0.29) is 0 Å². The molecule has 0 unspecified atom stereocenters. The smallest absolute Gasteiger partial charge is 0.116 e. The number of para-hydroxylation sites is 1. The second-order valence-electron chi connectivity index (χ2n) is 11.3. The van der Waals surface area contributed by atoms with Crippen LogP contribution in [-0.2, 0) is 19.4 Å². The van der Waals surface area contributed by atoms with Crippen molar-refractivity contribution in [2.45, 2.75) is 57.7 Å². The summed E-state index contributed by atoms with van der Waals surface area (Å²) in [5.41, 5.74) is 8.26. The molecule has 3 aliphatic rings. The van der Waals surface area contributed by atoms with E-state index in [4.69, 9.17) is 0 Å². The lowest BCUT2D eigenvalue weighted by atomic mass is 9.74. The Bertz CT molecular complexity index is 1400. The van der Waals surface area contributed by atoms with Gasteiger partial charge in [0.25, 0.3) is 0 Å². The van der Waals surface area contributed by atoms with Crippen molar-refractivity contribution in [2.24, 2.45) is 11.8 Å². The molecule has 0 spiro atoms. The second-order valence-corrected chi connectivity index (χ2v) is 11.3. The number of fused-ring (bicyclic) bond motifs is 7. The Kier molecular flexibility index (Phi) is 5.00. The van der Waals surface area contributed by atoms with Gasteiger partial charge in [-0.15, -0.1) is 0 Å². The van der Waals surface area contributed by atoms with Crippen molar-refractivity contribution in [3.8, 4) is 5.75 Å². The van der Waals surface area contributed by atoms with Crippen molar-refractivity contribution < 1.29 is 5.11 Å². The number of hydrogen-bond acceptors (Lipinski definition) is 3. The fourth-order valence-corrected chi connectivity index (χ4v) is 7.56. The molecule has 35 heavy (non-hydrogen) atoms. The number of nitrogens with zero attached hydrogens (tertiary/aromatic N) is 2. The van der Waals surface area contributed by atoms with E-state index < -0.39 is 0 Å². The first kappa shape index (κ1) is 21.5. The molecule has 3 N–H and O–H groups in total. The number of aromatic nitrogens is 2. The molecule has 5 heteroatoms. The molecule has 0 aliphatic carbocycles. The van der Waals surface area contributed by atoms with Crippen molar-refractivity contribution in [1.82, 2.24) is 19.8 Å². The highest BCUT2D eigenvalue weighted by molar-refractivity contribution is 5.86. The molecule has 4 atom stereocenters. The maximum absolute atomic E-state index is 10.1. The standard InChI is InChI=1S/C30H36N4O/c1-3-18-16-34-17-25-24-15-21(35)8-9-27(24)31-28(25)14-20(34)12-19(18)13-29-30-23(10-11-33(29)2)22-6-4-5-7-26(22)32-30/h4-9,15,18-20,29,31-32,35H,3,10-14,16-17H2,1-2H3/t18-,19+,20-,29-/m0/s1. The molecule has 7 rings (SSSR count). The fourth-order valence-electron chi connectivity index (χ4n) is 7.56. The van der Waals surface area contributed by atoms with Gasteiger partial charge >= 0.3 is 0 Å². The molecule has 0 amide bonds. The summed E-state index contributed by atoms with van der Waals surface area (Å²) in [6, 6.07) is 15.7. The Morgan fingerprint density at radius 1 is 1.00 bits per heavy atom. The number of benzene rings is 2. The van der Waals surface area contributed by atoms with Gasteiger partial charge in [0.15, 0.2) is 0 Å². The Balaban J connectivity index is 1.18. The summed E-state index contributed by atoms with van der Waals surface area (Å²) in [7, 11) is 2.32. The number of likely N-dealkylation sites (N-methyl/N-ethyl adjacent to an activating group) is 1. The van der Waals surface area contributed by atoms with Crippen molar-refractivity contribution in [3.63, 3.8) is 0 Å². The Labute approximate surface area is 207 Å². The Hall–Kier alpha value is -2.76. The number of phenols is 1. The van der Waals surface area contributed by atoms with E-state index in [1.807, 2.05) is 12.1 Å². The summed E-state index contributed by atoms with van der Waals surface area (Å²) < 4.78 is 0. The van der Waals surface area contributed by atoms with Gasteiger partial charge in [0.2, 0.25) is 0 Å². The highest BCUT2D eigenvalue weighted by Gasteiger charge is 2.40. The first-order valence-corrected chi connectivity index (χ1v) is 13.4. The van der Waals surface area contributed by atoms with Gasteiger partial charge in [-0.2, -0.15) is 0 Å². The zero-order valence-electron chi connectivity index (χ0n) is 20.8. The lowest BCUT2D eigenvalue weighted by Crippen LogP contribution is -2.50. The molecule has 4 aromatic rings. The molecule has 0 bridgehead atoms. The highest BCUT2D eigenvalue weighted by atomic mass is 16.3. The van der Waals surface area contributed by atoms with E-state index in [0.29, 0.717) is 17.8 Å². The van der Waals surface area contributed by atoms with Crippen LogP contribution < -0.4 is 0 Å². The van der Waals surface area contributed by atoms with Gasteiger partial charge in [-0.1, -0.05) is 31.5 Å². The van der Waals surface area contributed by atoms with Crippen LogP contribution in [0.2, 0.25) is 0 Å². The average Bonchev–Trinajstić information content (AvgIpc) is 3.41. The first-order valence-electron chi connectivity index (χ1n) is 13.4. The van der Waals surface area contributed by atoms with Gasteiger partial charge in [0.05, 0.1) is 6.04 Å². The molecular weight excluding hydrogens is 432 g/mol. The van der Waals surface area contributed by atoms with Crippen LogP contribution in [0.1, 0.15) is 54.7 Å². The number of H-pyrrole nitrogens is 2. The number of aromatic hydroxyl groups is 1. The third-order valence-corrected chi connectivity index (χ3v) is 9.48. The van der Waals surface area contributed by atoms with Crippen LogP contribution in [-0.4, -0.2) is 51.1 Å². The summed E-state index contributed by atoms with van der Waals surface area (Å²) in [5, 5.41) is 12.7. The first-order chi connectivity index (χ1) is 17.1. The minimum atomic E-state index is 0.361. The molecule has 1 fully saturated rings. The molecule has 3 aliphatic heterocycles. The minimum absolute atomic E-state index is 0.361. The topological polar surface area (TPSA) is 58.3 Å². The monoisotopic (exact) mass is 468 g/mol. The summed E-state index contributed by atoms with van der Waals surface area (Å²) in [5.74, 6) is 1.83. The summed E-state index contributed by atoms with van der Waals surface area (Å²) in [6.07, 6.45) is 6.00. The van der Waals surface area contributed by atoms with Gasteiger partial charge in [0.1, 0.15) is 5.75 Å². The van der Waals surface area contributed by atoms with Crippen molar-refractivity contribution in [3.05, 3.63) is 65.0 Å². The molecule has 5 nitrogen and oxygen atoms in total. The van der Waals surface area contributed by atoms with Gasteiger partial charge in [-0.25, -0.2) is 0 Å². The predicted molar refractivity (Wildman–Crippen MR) is 142 cm³/mol. The molecule has 2 aromatic carbocycles. The summed E-state index contributed by atoms with van der Waals surface area (Å²) in [6.45, 7) is 5.72. The number of piperidine rings is 1. The molecule has 5 heterocycles. The molecule has 1 saturated heterocycles. The van der Waals surface area contributed by atoms with E-state index >= 15 is 0 Å². The SMILES string of the molecule is CC[C@H]1CN2Cc3c([nH]c4ccc(O)cc34)C[C@@H]2C[C@@H]1C[C@H]1c2[nH]c3ccccc3c2CCN1C. The van der Waals surface area contributed by atoms with Crippen LogP contribution in [0, 0.1) is 11.8 Å². The quantitative estimate of drug-likeness (QED) is 0.359. The zero-order valence-corrected chi connectivity index (χ0v) is 20.8. The third-order valence-electron chi connectivity index (χ3n) is 9.48. The molecular formula is C30H36N4O. The van der Waals surface area contributed by atoms with Crippen LogP contribution in [0.5, 0.6) is 5.75 Å².